The summed E-state index contributed by atoms with van der Waals surface area (Å²) >= 11 is 3.34. The first kappa shape index (κ1) is 21.2. The fraction of sp³-hybridized carbons (Fsp3) is 0.0455. The minimum Gasteiger partial charge on any atom is -0.496 e. The average molecular weight is 526 g/mol. The van der Waals surface area contributed by atoms with Crippen LogP contribution in [0.3, 0.4) is 0 Å². The lowest BCUT2D eigenvalue weighted by Crippen LogP contribution is -2.14. The van der Waals surface area contributed by atoms with Gasteiger partial charge in [0.15, 0.2) is 0 Å². The Balaban J connectivity index is 1.58. The molecule has 0 spiro atoms. The van der Waals surface area contributed by atoms with E-state index in [0.717, 1.165) is 15.4 Å². The number of nitrogens with zero attached hydrogens (tertiary/aromatic N) is 2. The molecule has 9 nitrogen and oxygen atoms in total. The second-order valence-corrected chi connectivity index (χ2v) is 9.81. The van der Waals surface area contributed by atoms with E-state index < -0.39 is 10.0 Å². The Bertz CT molecular complexity index is 1690. The summed E-state index contributed by atoms with van der Waals surface area (Å²) in [6, 6.07) is 14.6. The summed E-state index contributed by atoms with van der Waals surface area (Å²) in [6.45, 7) is 0. The van der Waals surface area contributed by atoms with E-state index in [2.05, 4.69) is 40.8 Å². The zero-order valence-corrected chi connectivity index (χ0v) is 19.5. The van der Waals surface area contributed by atoms with Gasteiger partial charge < -0.3 is 9.72 Å². The van der Waals surface area contributed by atoms with Gasteiger partial charge in [-0.3, -0.25) is 14.6 Å². The van der Waals surface area contributed by atoms with Gasteiger partial charge in [-0.15, -0.1) is 0 Å². The number of fused-ring (bicyclic) bond motifs is 2. The average Bonchev–Trinajstić information content (AvgIpc) is 3.26. The predicted molar refractivity (Wildman–Crippen MR) is 129 cm³/mol. The van der Waals surface area contributed by atoms with Crippen LogP contribution in [0.4, 0.5) is 5.69 Å². The van der Waals surface area contributed by atoms with Crippen molar-refractivity contribution in [1.82, 2.24) is 20.2 Å². The maximum Gasteiger partial charge on any atom is 0.261 e. The van der Waals surface area contributed by atoms with Gasteiger partial charge in [0, 0.05) is 15.5 Å². The molecule has 0 aliphatic heterocycles. The fourth-order valence-corrected chi connectivity index (χ4v) is 4.93. The van der Waals surface area contributed by atoms with E-state index in [-0.39, 0.29) is 16.3 Å². The van der Waals surface area contributed by atoms with Crippen molar-refractivity contribution in [3.63, 3.8) is 0 Å². The second kappa shape index (κ2) is 8.01. The molecule has 0 aliphatic rings. The van der Waals surface area contributed by atoms with Crippen molar-refractivity contribution in [3.8, 4) is 17.1 Å². The number of halogens is 1. The second-order valence-electron chi connectivity index (χ2n) is 7.22. The molecule has 5 aromatic rings. The predicted octanol–water partition coefficient (Wildman–Crippen LogP) is 4.04. The summed E-state index contributed by atoms with van der Waals surface area (Å²) in [5, 5.41) is 7.94. The summed E-state index contributed by atoms with van der Waals surface area (Å²) in [6.07, 6.45) is 1.61. The van der Waals surface area contributed by atoms with Gasteiger partial charge in [0.2, 0.25) is 0 Å². The Morgan fingerprint density at radius 1 is 1.06 bits per heavy atom. The molecule has 0 saturated carbocycles. The summed E-state index contributed by atoms with van der Waals surface area (Å²) in [5.41, 5.74) is 1.65. The van der Waals surface area contributed by atoms with Crippen molar-refractivity contribution < 1.29 is 13.2 Å². The molecule has 11 heteroatoms. The molecule has 33 heavy (non-hydrogen) atoms. The summed E-state index contributed by atoms with van der Waals surface area (Å²) in [7, 11) is -2.48. The topological polar surface area (TPSA) is 130 Å². The van der Waals surface area contributed by atoms with E-state index in [1.165, 1.54) is 25.3 Å². The van der Waals surface area contributed by atoms with E-state index in [1.807, 2.05) is 0 Å². The number of nitrogens with one attached hydrogen (secondary N) is 3. The molecular weight excluding hydrogens is 510 g/mol. The molecule has 0 unspecified atom stereocenters. The molecular formula is C22H16BrN5O4S. The van der Waals surface area contributed by atoms with Gasteiger partial charge in [-0.1, -0.05) is 15.9 Å². The first-order valence-corrected chi connectivity index (χ1v) is 12.0. The highest BCUT2D eigenvalue weighted by Gasteiger charge is 2.19. The molecule has 0 saturated heterocycles. The maximum absolute atomic E-state index is 13.1. The Kier molecular flexibility index (Phi) is 5.14. The molecule has 3 N–H and O–H groups in total. The van der Waals surface area contributed by atoms with Crippen LogP contribution < -0.4 is 15.0 Å². The summed E-state index contributed by atoms with van der Waals surface area (Å²) < 4.78 is 34.9. The standard InChI is InChI=1S/C22H16BrN5O4S/c1-32-20-7-4-15(33(30,31)28-14-3-6-18-12(8-14)11-24-27-18)10-17(20)21-25-19-5-2-13(23)9-16(19)22(29)26-21/h2-11,28H,1H3,(H,24,27)(H,25,26,29). The lowest BCUT2D eigenvalue weighted by atomic mass is 10.1. The van der Waals surface area contributed by atoms with E-state index in [4.69, 9.17) is 4.74 Å². The normalized spacial score (nSPS) is 11.7. The van der Waals surface area contributed by atoms with Crippen molar-refractivity contribution in [3.05, 3.63) is 75.6 Å². The highest BCUT2D eigenvalue weighted by molar-refractivity contribution is 9.10. The molecule has 0 bridgehead atoms. The maximum atomic E-state index is 13.1. The third-order valence-corrected chi connectivity index (χ3v) is 6.97. The molecule has 2 heterocycles. The van der Waals surface area contributed by atoms with Gasteiger partial charge >= 0.3 is 0 Å². The number of aromatic nitrogens is 4. The van der Waals surface area contributed by atoms with Gasteiger partial charge in [-0.25, -0.2) is 13.4 Å². The van der Waals surface area contributed by atoms with E-state index >= 15 is 0 Å². The number of anilines is 1. The third-order valence-electron chi connectivity index (χ3n) is 5.10. The number of hydrogen-bond acceptors (Lipinski definition) is 6. The highest BCUT2D eigenvalue weighted by atomic mass is 79.9. The summed E-state index contributed by atoms with van der Waals surface area (Å²) in [5.74, 6) is 0.567. The lowest BCUT2D eigenvalue weighted by molar-refractivity contribution is 0.416. The number of H-pyrrole nitrogens is 2. The van der Waals surface area contributed by atoms with Crippen molar-refractivity contribution in [1.29, 1.82) is 0 Å². The Morgan fingerprint density at radius 2 is 1.91 bits per heavy atom. The Hall–Kier alpha value is -3.70. The van der Waals surface area contributed by atoms with Crippen LogP contribution in [-0.4, -0.2) is 35.7 Å². The minimum absolute atomic E-state index is 0.0101. The highest BCUT2D eigenvalue weighted by Crippen LogP contribution is 2.31. The first-order valence-electron chi connectivity index (χ1n) is 9.68. The zero-order valence-electron chi connectivity index (χ0n) is 17.1. The van der Waals surface area contributed by atoms with Crippen LogP contribution in [0.5, 0.6) is 5.75 Å². The van der Waals surface area contributed by atoms with Crippen LogP contribution in [0.25, 0.3) is 33.2 Å². The van der Waals surface area contributed by atoms with Crippen LogP contribution in [0.1, 0.15) is 0 Å². The van der Waals surface area contributed by atoms with Gasteiger partial charge in [0.1, 0.15) is 11.6 Å². The molecule has 0 aliphatic carbocycles. The van der Waals surface area contributed by atoms with Crippen LogP contribution >= 0.6 is 15.9 Å². The van der Waals surface area contributed by atoms with Crippen LogP contribution in [0.2, 0.25) is 0 Å². The number of sulfonamides is 1. The zero-order chi connectivity index (χ0) is 23.2. The molecule has 0 fully saturated rings. The quantitative estimate of drug-likeness (QED) is 0.317. The van der Waals surface area contributed by atoms with Gasteiger partial charge in [0.05, 0.1) is 40.2 Å². The molecule has 0 radical (unpaired) electrons. The molecule has 0 amide bonds. The smallest absolute Gasteiger partial charge is 0.261 e. The van der Waals surface area contributed by atoms with Gasteiger partial charge in [-0.05, 0) is 54.6 Å². The SMILES string of the molecule is COc1ccc(S(=O)(=O)Nc2ccc3[nH]ncc3c2)cc1-c1nc2ccc(Br)cc2c(=O)[nH]1. The molecule has 5 rings (SSSR count). The number of benzene rings is 3. The minimum atomic E-state index is -3.94. The van der Waals surface area contributed by atoms with Crippen molar-refractivity contribution >= 4 is 53.4 Å². The molecule has 3 aromatic carbocycles. The van der Waals surface area contributed by atoms with Crippen LogP contribution in [0.15, 0.2) is 75.0 Å². The monoisotopic (exact) mass is 525 g/mol. The summed E-state index contributed by atoms with van der Waals surface area (Å²) in [4.78, 5) is 19.9. The fourth-order valence-electron chi connectivity index (χ4n) is 3.50. The number of methoxy groups -OCH3 is 1. The lowest BCUT2D eigenvalue weighted by Gasteiger charge is -2.13. The van der Waals surface area contributed by atoms with E-state index in [9.17, 15) is 13.2 Å². The largest absolute Gasteiger partial charge is 0.496 e. The van der Waals surface area contributed by atoms with Crippen molar-refractivity contribution in [2.45, 2.75) is 4.90 Å². The molecule has 2 aromatic heterocycles. The number of hydrogen-bond donors (Lipinski definition) is 3. The van der Waals surface area contributed by atoms with E-state index in [1.54, 1.807) is 42.6 Å². The number of aromatic amines is 2. The Morgan fingerprint density at radius 3 is 2.73 bits per heavy atom. The molecule has 0 atom stereocenters. The van der Waals surface area contributed by atoms with E-state index in [0.29, 0.717) is 27.9 Å². The van der Waals surface area contributed by atoms with Crippen LogP contribution in [-0.2, 0) is 10.0 Å². The molecule has 166 valence electrons. The first-order chi connectivity index (χ1) is 15.8. The van der Waals surface area contributed by atoms with Crippen LogP contribution in [0, 0.1) is 0 Å². The number of ether oxygens (including phenoxy) is 1. The van der Waals surface area contributed by atoms with Crippen molar-refractivity contribution in [2.24, 2.45) is 0 Å². The Labute approximate surface area is 196 Å². The van der Waals surface area contributed by atoms with Gasteiger partial charge in [-0.2, -0.15) is 5.10 Å². The van der Waals surface area contributed by atoms with Crippen molar-refractivity contribution in [2.75, 3.05) is 11.8 Å². The third kappa shape index (κ3) is 3.96. The van der Waals surface area contributed by atoms with Gasteiger partial charge in [0.25, 0.3) is 15.6 Å². The number of rotatable bonds is 5.